The molecule has 0 aliphatic carbocycles. The Balaban J connectivity index is 1.13. The van der Waals surface area contributed by atoms with E-state index >= 15 is 0 Å². The van der Waals surface area contributed by atoms with Crippen LogP contribution in [0.4, 0.5) is 0 Å². The summed E-state index contributed by atoms with van der Waals surface area (Å²) in [4.78, 5) is 10.6. The van der Waals surface area contributed by atoms with Crippen molar-refractivity contribution in [2.75, 3.05) is 0 Å². The lowest BCUT2D eigenvalue weighted by molar-refractivity contribution is 1.17. The lowest BCUT2D eigenvalue weighted by Gasteiger charge is -2.21. The Hall–Kier alpha value is -6.56. The zero-order chi connectivity index (χ0) is 35.3. The lowest BCUT2D eigenvalue weighted by Crippen LogP contribution is -2.50. The molecule has 1 aliphatic rings. The van der Waals surface area contributed by atoms with E-state index < -0.39 is 8.07 Å². The maximum absolute atomic E-state index is 5.36. The third-order valence-corrected chi connectivity index (χ3v) is 14.8. The molecule has 53 heavy (non-hydrogen) atoms. The van der Waals surface area contributed by atoms with Crippen LogP contribution in [0.1, 0.15) is 0 Å². The normalized spacial score (nSPS) is 13.2. The number of hydrogen-bond donors (Lipinski definition) is 0. The Morgan fingerprint density at radius 3 is 1.57 bits per heavy atom. The minimum Gasteiger partial charge on any atom is -0.309 e. The van der Waals surface area contributed by atoms with E-state index in [1.54, 1.807) is 0 Å². The second-order valence-electron chi connectivity index (χ2n) is 14.6. The van der Waals surface area contributed by atoms with Gasteiger partial charge in [0.15, 0.2) is 5.82 Å². The predicted octanol–water partition coefficient (Wildman–Crippen LogP) is 10.8. The van der Waals surface area contributed by atoms with E-state index in [-0.39, 0.29) is 0 Å². The molecule has 7 aromatic carbocycles. The van der Waals surface area contributed by atoms with Gasteiger partial charge in [-0.1, -0.05) is 134 Å². The molecule has 0 saturated heterocycles. The number of hydrogen-bond acceptors (Lipinski definition) is 2. The molecule has 0 spiro atoms. The molecule has 0 saturated carbocycles. The summed E-state index contributed by atoms with van der Waals surface area (Å²) in [5.74, 6) is 0.769. The topological polar surface area (TPSA) is 35.6 Å². The van der Waals surface area contributed by atoms with Gasteiger partial charge in [0.1, 0.15) is 8.07 Å². The summed E-state index contributed by atoms with van der Waals surface area (Å²) in [6.45, 7) is 4.88. The van der Waals surface area contributed by atoms with Gasteiger partial charge in [0, 0.05) is 44.0 Å². The fourth-order valence-electron chi connectivity index (χ4n) is 8.96. The van der Waals surface area contributed by atoms with Crippen molar-refractivity contribution in [1.82, 2.24) is 19.1 Å². The quantitative estimate of drug-likeness (QED) is 0.172. The number of fused-ring (bicyclic) bond motifs is 10. The molecule has 3 aromatic heterocycles. The summed E-state index contributed by atoms with van der Waals surface area (Å²) in [5, 5.41) is 7.82. The van der Waals surface area contributed by atoms with Crippen LogP contribution in [0.25, 0.3) is 88.9 Å². The average Bonchev–Trinajstić information content (AvgIpc) is 3.81. The van der Waals surface area contributed by atoms with Crippen molar-refractivity contribution in [3.63, 3.8) is 0 Å². The van der Waals surface area contributed by atoms with Crippen molar-refractivity contribution >= 4 is 62.1 Å². The molecule has 0 atom stereocenters. The van der Waals surface area contributed by atoms with Crippen LogP contribution in [0.5, 0.6) is 0 Å². The van der Waals surface area contributed by atoms with Gasteiger partial charge in [0.05, 0.1) is 33.5 Å². The number of nitrogens with zero attached hydrogens (tertiary/aromatic N) is 4. The van der Waals surface area contributed by atoms with Crippen molar-refractivity contribution < 1.29 is 0 Å². The molecule has 0 bridgehead atoms. The van der Waals surface area contributed by atoms with E-state index in [1.165, 1.54) is 65.2 Å². The molecule has 0 unspecified atom stereocenters. The lowest BCUT2D eigenvalue weighted by atomic mass is 10.1. The van der Waals surface area contributed by atoms with Crippen LogP contribution in [0.3, 0.4) is 0 Å². The zero-order valence-electron chi connectivity index (χ0n) is 29.5. The van der Waals surface area contributed by atoms with E-state index in [0.717, 1.165) is 34.0 Å². The molecule has 5 heteroatoms. The molecule has 11 rings (SSSR count). The first-order valence-corrected chi connectivity index (χ1v) is 21.3. The van der Waals surface area contributed by atoms with Crippen molar-refractivity contribution in [2.24, 2.45) is 0 Å². The second kappa shape index (κ2) is 11.2. The summed E-state index contributed by atoms with van der Waals surface area (Å²) >= 11 is 0. The summed E-state index contributed by atoms with van der Waals surface area (Å²) in [7, 11) is -2.08. The third-order valence-electron chi connectivity index (χ3n) is 11.3. The first-order valence-electron chi connectivity index (χ1n) is 18.3. The number of aromatic nitrogens is 4. The van der Waals surface area contributed by atoms with Gasteiger partial charge >= 0.3 is 0 Å². The summed E-state index contributed by atoms with van der Waals surface area (Å²) in [6.07, 6.45) is 0. The van der Waals surface area contributed by atoms with Crippen LogP contribution >= 0.6 is 0 Å². The van der Waals surface area contributed by atoms with E-state index in [1.807, 2.05) is 6.07 Å². The SMILES string of the molecule is C[Si]1(C)c2ccccc2-c2nc(-c3ccccc3)nc(-c3ccc(-n4c5ccccc5c5c6c7ccccc7n(-c7ccccc7)c6ccc54)cc3)c21. The van der Waals surface area contributed by atoms with E-state index in [9.17, 15) is 0 Å². The maximum atomic E-state index is 5.36. The molecule has 0 radical (unpaired) electrons. The molecular weight excluding hydrogens is 661 g/mol. The highest BCUT2D eigenvalue weighted by atomic mass is 28.3. The Morgan fingerprint density at radius 1 is 0.415 bits per heavy atom. The molecule has 1 aliphatic heterocycles. The Kier molecular flexibility index (Phi) is 6.37. The fourth-order valence-corrected chi connectivity index (χ4v) is 12.2. The van der Waals surface area contributed by atoms with E-state index in [2.05, 4.69) is 186 Å². The number of para-hydroxylation sites is 3. The standard InChI is InChI=1S/C48H34N4Si/c1-53(2)42-24-14-11-21-37(42)46-47(53)45(49-48(50-46)32-15-5-3-6-16-32)31-25-27-34(28-26-31)52-39-23-13-10-20-36(39)44-41(52)30-29-40-43(44)35-19-9-12-22-38(35)51(40)33-17-7-4-8-18-33/h3-30H,1-2H3. The van der Waals surface area contributed by atoms with Gasteiger partial charge in [0.2, 0.25) is 0 Å². The largest absolute Gasteiger partial charge is 0.309 e. The number of rotatable bonds is 4. The van der Waals surface area contributed by atoms with Crippen molar-refractivity contribution in [3.05, 3.63) is 170 Å². The molecule has 250 valence electrons. The average molecular weight is 695 g/mol. The third kappa shape index (κ3) is 4.29. The minimum atomic E-state index is -2.08. The summed E-state index contributed by atoms with van der Waals surface area (Å²) in [6, 6.07) is 61.2. The van der Waals surface area contributed by atoms with Crippen molar-refractivity contribution in [3.8, 4) is 45.3 Å². The highest BCUT2D eigenvalue weighted by Gasteiger charge is 2.41. The smallest absolute Gasteiger partial charge is 0.160 e. The van der Waals surface area contributed by atoms with Gasteiger partial charge in [-0.05, 0) is 64.5 Å². The van der Waals surface area contributed by atoms with Crippen molar-refractivity contribution in [1.29, 1.82) is 0 Å². The number of benzene rings is 7. The van der Waals surface area contributed by atoms with Gasteiger partial charge in [-0.2, -0.15) is 0 Å². The van der Waals surface area contributed by atoms with Crippen LogP contribution in [0, 0.1) is 0 Å². The molecule has 10 aromatic rings. The molecular formula is C48H34N4Si. The highest BCUT2D eigenvalue weighted by molar-refractivity contribution is 7.04. The van der Waals surface area contributed by atoms with Crippen LogP contribution in [0.2, 0.25) is 13.1 Å². The Morgan fingerprint density at radius 2 is 0.925 bits per heavy atom. The van der Waals surface area contributed by atoms with Crippen molar-refractivity contribution in [2.45, 2.75) is 13.1 Å². The van der Waals surface area contributed by atoms with Gasteiger partial charge < -0.3 is 9.13 Å². The molecule has 0 N–H and O–H groups in total. The predicted molar refractivity (Wildman–Crippen MR) is 224 cm³/mol. The van der Waals surface area contributed by atoms with Crippen LogP contribution in [0.15, 0.2) is 170 Å². The Labute approximate surface area is 308 Å². The van der Waals surface area contributed by atoms with Crippen LogP contribution < -0.4 is 10.4 Å². The maximum Gasteiger partial charge on any atom is 0.160 e. The van der Waals surface area contributed by atoms with E-state index in [4.69, 9.17) is 9.97 Å². The highest BCUT2D eigenvalue weighted by Crippen LogP contribution is 2.42. The Bertz CT molecular complexity index is 3070. The molecule has 0 fully saturated rings. The van der Waals surface area contributed by atoms with Gasteiger partial charge in [-0.25, -0.2) is 9.97 Å². The molecule has 4 heterocycles. The second-order valence-corrected chi connectivity index (χ2v) is 18.9. The van der Waals surface area contributed by atoms with Crippen LogP contribution in [-0.4, -0.2) is 27.2 Å². The molecule has 0 amide bonds. The van der Waals surface area contributed by atoms with Gasteiger partial charge in [0.25, 0.3) is 0 Å². The van der Waals surface area contributed by atoms with E-state index in [0.29, 0.717) is 0 Å². The van der Waals surface area contributed by atoms with Gasteiger partial charge in [-0.15, -0.1) is 0 Å². The summed E-state index contributed by atoms with van der Waals surface area (Å²) in [5.41, 5.74) is 12.6. The van der Waals surface area contributed by atoms with Gasteiger partial charge in [-0.3, -0.25) is 0 Å². The minimum absolute atomic E-state index is 0.769. The zero-order valence-corrected chi connectivity index (χ0v) is 30.5. The first-order chi connectivity index (χ1) is 26.1. The molecule has 4 nitrogen and oxygen atoms in total. The first kappa shape index (κ1) is 30.1. The monoisotopic (exact) mass is 694 g/mol. The summed E-state index contributed by atoms with van der Waals surface area (Å²) < 4.78 is 4.83. The van der Waals surface area contributed by atoms with Crippen LogP contribution in [-0.2, 0) is 0 Å². The fraction of sp³-hybridized carbons (Fsp3) is 0.0417.